The lowest BCUT2D eigenvalue weighted by atomic mass is 10.2. The van der Waals surface area contributed by atoms with Crippen LogP contribution in [0.25, 0.3) is 0 Å². The van der Waals surface area contributed by atoms with Crippen LogP contribution in [0, 0.1) is 0 Å². The largest absolute Gasteiger partial charge is 0.506 e. The summed E-state index contributed by atoms with van der Waals surface area (Å²) in [6.07, 6.45) is 0.201. The van der Waals surface area contributed by atoms with Crippen molar-refractivity contribution in [2.24, 2.45) is 0 Å². The lowest BCUT2D eigenvalue weighted by molar-refractivity contribution is 0.0657. The summed E-state index contributed by atoms with van der Waals surface area (Å²) in [6.45, 7) is 4.47. The van der Waals surface area contributed by atoms with Gasteiger partial charge < -0.3 is 9.84 Å². The van der Waals surface area contributed by atoms with E-state index in [0.29, 0.717) is 11.6 Å². The first-order valence-electron chi connectivity index (χ1n) is 4.18. The Bertz CT molecular complexity index is 284. The molecule has 0 saturated heterocycles. The van der Waals surface area contributed by atoms with E-state index in [1.165, 1.54) is 0 Å². The molecule has 0 unspecified atom stereocenters. The third-order valence-corrected chi connectivity index (χ3v) is 1.90. The Balaban J connectivity index is 2.63. The summed E-state index contributed by atoms with van der Waals surface area (Å²) in [5, 5.41) is 9.51. The summed E-state index contributed by atoms with van der Waals surface area (Å²) >= 11 is 5.72. The maximum Gasteiger partial charge on any atom is 0.134 e. The first kappa shape index (κ1) is 10.4. The van der Waals surface area contributed by atoms with E-state index in [9.17, 15) is 0 Å². The van der Waals surface area contributed by atoms with Crippen molar-refractivity contribution in [3.05, 3.63) is 28.8 Å². The topological polar surface area (TPSA) is 29.5 Å². The van der Waals surface area contributed by atoms with Crippen LogP contribution in [-0.4, -0.2) is 11.2 Å². The van der Waals surface area contributed by atoms with Gasteiger partial charge in [-0.1, -0.05) is 17.7 Å². The Morgan fingerprint density at radius 2 is 2.15 bits per heavy atom. The first-order valence-corrected chi connectivity index (χ1v) is 4.56. The van der Waals surface area contributed by atoms with Crippen LogP contribution in [0.2, 0.25) is 5.02 Å². The quantitative estimate of drug-likeness (QED) is 0.813. The number of hydrogen-bond donors (Lipinski definition) is 1. The second-order valence-corrected chi connectivity index (χ2v) is 3.55. The van der Waals surface area contributed by atoms with Gasteiger partial charge in [-0.2, -0.15) is 0 Å². The average Bonchev–Trinajstić information content (AvgIpc) is 2.07. The number of hydrogen-bond acceptors (Lipinski definition) is 2. The van der Waals surface area contributed by atoms with E-state index in [1.807, 2.05) is 13.8 Å². The fourth-order valence-corrected chi connectivity index (χ4v) is 1.11. The first-order chi connectivity index (χ1) is 6.09. The van der Waals surface area contributed by atoms with Gasteiger partial charge in [0, 0.05) is 0 Å². The molecule has 0 aliphatic rings. The number of ether oxygens (including phenoxy) is 1. The van der Waals surface area contributed by atoms with Gasteiger partial charge in [-0.3, -0.25) is 0 Å². The van der Waals surface area contributed by atoms with Crippen LogP contribution in [0.3, 0.4) is 0 Å². The molecule has 1 N–H and O–H groups in total. The van der Waals surface area contributed by atoms with E-state index in [-0.39, 0.29) is 11.9 Å². The number of aromatic hydroxyl groups is 1. The maximum atomic E-state index is 9.15. The Hall–Kier alpha value is -0.730. The van der Waals surface area contributed by atoms with Crippen LogP contribution in [0.4, 0.5) is 0 Å². The number of benzene rings is 1. The van der Waals surface area contributed by atoms with Crippen molar-refractivity contribution in [1.82, 2.24) is 0 Å². The lowest BCUT2D eigenvalue weighted by Gasteiger charge is -2.07. The molecule has 0 radical (unpaired) electrons. The van der Waals surface area contributed by atoms with Crippen molar-refractivity contribution in [2.75, 3.05) is 0 Å². The van der Waals surface area contributed by atoms with E-state index >= 15 is 0 Å². The average molecular weight is 201 g/mol. The molecular weight excluding hydrogens is 188 g/mol. The molecule has 0 aliphatic heterocycles. The van der Waals surface area contributed by atoms with Crippen molar-refractivity contribution in [2.45, 2.75) is 26.6 Å². The monoisotopic (exact) mass is 200 g/mol. The molecule has 0 aromatic heterocycles. The third-order valence-electron chi connectivity index (χ3n) is 1.60. The molecule has 0 aliphatic carbocycles. The second kappa shape index (κ2) is 4.49. The highest BCUT2D eigenvalue weighted by molar-refractivity contribution is 6.32. The van der Waals surface area contributed by atoms with Gasteiger partial charge >= 0.3 is 0 Å². The zero-order valence-corrected chi connectivity index (χ0v) is 8.51. The minimum Gasteiger partial charge on any atom is -0.506 e. The van der Waals surface area contributed by atoms with Crippen LogP contribution < -0.4 is 0 Å². The van der Waals surface area contributed by atoms with E-state index in [1.54, 1.807) is 18.2 Å². The van der Waals surface area contributed by atoms with Crippen LogP contribution in [0.5, 0.6) is 5.75 Å². The fourth-order valence-electron chi connectivity index (χ4n) is 0.903. The van der Waals surface area contributed by atoms with E-state index in [0.717, 1.165) is 5.56 Å². The van der Waals surface area contributed by atoms with Gasteiger partial charge in [0.2, 0.25) is 0 Å². The van der Waals surface area contributed by atoms with Gasteiger partial charge in [0.25, 0.3) is 0 Å². The number of halogens is 1. The Morgan fingerprint density at radius 1 is 1.46 bits per heavy atom. The predicted molar refractivity (Wildman–Crippen MR) is 53.0 cm³/mol. The molecule has 1 aromatic carbocycles. The summed E-state index contributed by atoms with van der Waals surface area (Å²) in [5.74, 6) is 0.106. The maximum absolute atomic E-state index is 9.15. The normalized spacial score (nSPS) is 10.8. The molecule has 0 heterocycles. The molecule has 0 bridgehead atoms. The molecule has 0 fully saturated rings. The van der Waals surface area contributed by atoms with Gasteiger partial charge in [0.05, 0.1) is 17.7 Å². The fraction of sp³-hybridized carbons (Fsp3) is 0.400. The summed E-state index contributed by atoms with van der Waals surface area (Å²) in [5.41, 5.74) is 0.969. The second-order valence-electron chi connectivity index (χ2n) is 3.15. The predicted octanol–water partition coefficient (Wildman–Crippen LogP) is 2.97. The molecule has 0 saturated carbocycles. The SMILES string of the molecule is CC(C)OCc1ccc(O)c(Cl)c1. The van der Waals surface area contributed by atoms with Crippen molar-refractivity contribution in [1.29, 1.82) is 0 Å². The molecular formula is C10H13ClO2. The Kier molecular flexibility index (Phi) is 3.58. The van der Waals surface area contributed by atoms with Crippen LogP contribution in [-0.2, 0) is 11.3 Å². The highest BCUT2D eigenvalue weighted by Crippen LogP contribution is 2.23. The van der Waals surface area contributed by atoms with Gasteiger partial charge in [-0.05, 0) is 31.5 Å². The minimum atomic E-state index is 0.106. The zero-order chi connectivity index (χ0) is 9.84. The molecule has 2 nitrogen and oxygen atoms in total. The van der Waals surface area contributed by atoms with Crippen molar-refractivity contribution in [3.63, 3.8) is 0 Å². The van der Waals surface area contributed by atoms with Crippen LogP contribution >= 0.6 is 11.6 Å². The highest BCUT2D eigenvalue weighted by Gasteiger charge is 2.00. The molecule has 0 atom stereocenters. The Labute approximate surface area is 83.1 Å². The van der Waals surface area contributed by atoms with Crippen LogP contribution in [0.15, 0.2) is 18.2 Å². The highest BCUT2D eigenvalue weighted by atomic mass is 35.5. The molecule has 0 amide bonds. The van der Waals surface area contributed by atoms with Crippen LogP contribution in [0.1, 0.15) is 19.4 Å². The third kappa shape index (κ3) is 3.25. The van der Waals surface area contributed by atoms with Crippen molar-refractivity contribution >= 4 is 11.6 Å². The smallest absolute Gasteiger partial charge is 0.134 e. The molecule has 3 heteroatoms. The lowest BCUT2D eigenvalue weighted by Crippen LogP contribution is -2.01. The van der Waals surface area contributed by atoms with E-state index in [2.05, 4.69) is 0 Å². The van der Waals surface area contributed by atoms with Gasteiger partial charge in [-0.25, -0.2) is 0 Å². The minimum absolute atomic E-state index is 0.106. The van der Waals surface area contributed by atoms with Gasteiger partial charge in [0.15, 0.2) is 0 Å². The number of phenolic OH excluding ortho intramolecular Hbond substituents is 1. The summed E-state index contributed by atoms with van der Waals surface area (Å²) in [7, 11) is 0. The van der Waals surface area contributed by atoms with Gasteiger partial charge in [-0.15, -0.1) is 0 Å². The number of rotatable bonds is 3. The summed E-state index contributed by atoms with van der Waals surface area (Å²) in [6, 6.07) is 5.07. The molecule has 1 rings (SSSR count). The summed E-state index contributed by atoms with van der Waals surface area (Å²) in [4.78, 5) is 0. The van der Waals surface area contributed by atoms with Crippen molar-refractivity contribution in [3.8, 4) is 5.75 Å². The van der Waals surface area contributed by atoms with Crippen molar-refractivity contribution < 1.29 is 9.84 Å². The molecule has 72 valence electrons. The standard InChI is InChI=1S/C10H13ClO2/c1-7(2)13-6-8-3-4-10(12)9(11)5-8/h3-5,7,12H,6H2,1-2H3. The van der Waals surface area contributed by atoms with E-state index in [4.69, 9.17) is 21.4 Å². The molecule has 1 aromatic rings. The van der Waals surface area contributed by atoms with Gasteiger partial charge in [0.1, 0.15) is 5.75 Å². The number of phenols is 1. The Morgan fingerprint density at radius 3 is 2.69 bits per heavy atom. The molecule has 13 heavy (non-hydrogen) atoms. The molecule has 0 spiro atoms. The summed E-state index contributed by atoms with van der Waals surface area (Å²) < 4.78 is 5.38. The zero-order valence-electron chi connectivity index (χ0n) is 7.75. The van der Waals surface area contributed by atoms with E-state index < -0.39 is 0 Å².